The van der Waals surface area contributed by atoms with E-state index in [0.29, 0.717) is 5.41 Å². The van der Waals surface area contributed by atoms with E-state index < -0.39 is 0 Å². The predicted molar refractivity (Wildman–Crippen MR) is 72.9 cm³/mol. The first kappa shape index (κ1) is 22.2. The third kappa shape index (κ3) is 5.52. The molecule has 0 aromatic rings. The zero-order valence-corrected chi connectivity index (χ0v) is 15.2. The van der Waals surface area contributed by atoms with Gasteiger partial charge in [-0.3, -0.25) is 6.08 Å². The van der Waals surface area contributed by atoms with Crippen LogP contribution >= 0.6 is 24.8 Å². The SMILES string of the molecule is CC(C)(C)C1=C(C(C)(C)C)C[C-]=C1.Cl.Cl.[Zr]. The van der Waals surface area contributed by atoms with Crippen molar-refractivity contribution in [1.82, 2.24) is 0 Å². The van der Waals surface area contributed by atoms with Crippen LogP contribution in [0.2, 0.25) is 0 Å². The molecule has 0 spiro atoms. The molecule has 0 aromatic carbocycles. The maximum atomic E-state index is 3.34. The van der Waals surface area contributed by atoms with Gasteiger partial charge in [-0.05, 0) is 5.41 Å². The van der Waals surface area contributed by atoms with Crippen molar-refractivity contribution in [2.24, 2.45) is 10.8 Å². The Balaban J connectivity index is -0.000000563. The quantitative estimate of drug-likeness (QED) is 0.545. The van der Waals surface area contributed by atoms with E-state index in [1.54, 1.807) is 5.57 Å². The maximum absolute atomic E-state index is 3.34. The first-order valence-electron chi connectivity index (χ1n) is 5.03. The zero-order valence-electron chi connectivity index (χ0n) is 11.1. The molecule has 0 saturated carbocycles. The molecule has 0 heterocycles. The van der Waals surface area contributed by atoms with Crippen LogP contribution in [0.5, 0.6) is 0 Å². The summed E-state index contributed by atoms with van der Waals surface area (Å²) >= 11 is 0. The summed E-state index contributed by atoms with van der Waals surface area (Å²) in [6.45, 7) is 13.7. The van der Waals surface area contributed by atoms with Crippen molar-refractivity contribution in [2.45, 2.75) is 48.0 Å². The standard InChI is InChI=1S/C13H21.2ClH.Zr/c1-12(2,3)10-8-7-9-11(10)13(4,5)6;;;/h8H,9H2,1-6H3;2*1H;/q-1;;;. The molecule has 0 aromatic heterocycles. The summed E-state index contributed by atoms with van der Waals surface area (Å²) in [5, 5.41) is 0. The van der Waals surface area contributed by atoms with Gasteiger partial charge in [0, 0.05) is 26.2 Å². The van der Waals surface area contributed by atoms with E-state index in [9.17, 15) is 0 Å². The molecule has 1 aliphatic rings. The minimum absolute atomic E-state index is 0. The third-order valence-electron chi connectivity index (χ3n) is 2.56. The summed E-state index contributed by atoms with van der Waals surface area (Å²) in [4.78, 5) is 0. The van der Waals surface area contributed by atoms with E-state index in [1.165, 1.54) is 5.57 Å². The van der Waals surface area contributed by atoms with Crippen molar-refractivity contribution in [3.05, 3.63) is 23.3 Å². The molecular weight excluding hydrogens is 318 g/mol. The van der Waals surface area contributed by atoms with Crippen LogP contribution in [0.4, 0.5) is 0 Å². The number of allylic oxidation sites excluding steroid dienone is 4. The minimum atomic E-state index is 0. The van der Waals surface area contributed by atoms with Crippen LogP contribution in [-0.4, -0.2) is 0 Å². The molecule has 0 saturated heterocycles. The van der Waals surface area contributed by atoms with Gasteiger partial charge in [0.2, 0.25) is 0 Å². The van der Waals surface area contributed by atoms with Gasteiger partial charge in [-0.25, -0.2) is 6.08 Å². The Morgan fingerprint density at radius 3 is 1.62 bits per heavy atom. The van der Waals surface area contributed by atoms with Gasteiger partial charge in [-0.2, -0.15) is 11.1 Å². The first-order chi connectivity index (χ1) is 5.73. The van der Waals surface area contributed by atoms with Gasteiger partial charge in [-0.15, -0.1) is 31.2 Å². The van der Waals surface area contributed by atoms with E-state index in [1.807, 2.05) is 0 Å². The van der Waals surface area contributed by atoms with Gasteiger partial charge < -0.3 is 0 Å². The largest absolute Gasteiger partial charge is 0.272 e. The normalized spacial score (nSPS) is 15.1. The molecule has 1 rings (SSSR count). The molecule has 16 heavy (non-hydrogen) atoms. The van der Waals surface area contributed by atoms with Gasteiger partial charge in [0.25, 0.3) is 0 Å². The van der Waals surface area contributed by atoms with E-state index in [-0.39, 0.29) is 56.4 Å². The van der Waals surface area contributed by atoms with Crippen molar-refractivity contribution < 1.29 is 26.2 Å². The van der Waals surface area contributed by atoms with Crippen LogP contribution in [0.15, 0.2) is 17.2 Å². The Labute approximate surface area is 132 Å². The van der Waals surface area contributed by atoms with Crippen LogP contribution in [0.3, 0.4) is 0 Å². The van der Waals surface area contributed by atoms with Gasteiger partial charge in [0.05, 0.1) is 0 Å². The summed E-state index contributed by atoms with van der Waals surface area (Å²) in [5.74, 6) is 0. The van der Waals surface area contributed by atoms with Crippen molar-refractivity contribution in [1.29, 1.82) is 0 Å². The molecule has 94 valence electrons. The third-order valence-corrected chi connectivity index (χ3v) is 2.56. The van der Waals surface area contributed by atoms with E-state index in [2.05, 4.69) is 53.7 Å². The Kier molecular flexibility index (Phi) is 10.2. The van der Waals surface area contributed by atoms with Crippen LogP contribution in [0, 0.1) is 16.9 Å². The fraction of sp³-hybridized carbons (Fsp3) is 0.692. The average molecular weight is 341 g/mol. The fourth-order valence-corrected chi connectivity index (χ4v) is 1.78. The van der Waals surface area contributed by atoms with Gasteiger partial charge >= 0.3 is 0 Å². The van der Waals surface area contributed by atoms with E-state index >= 15 is 0 Å². The van der Waals surface area contributed by atoms with Crippen LogP contribution in [0.1, 0.15) is 48.0 Å². The van der Waals surface area contributed by atoms with Crippen LogP contribution in [-0.2, 0) is 26.2 Å². The zero-order chi connectivity index (χ0) is 10.3. The number of rotatable bonds is 0. The van der Waals surface area contributed by atoms with Gasteiger partial charge in [0.1, 0.15) is 0 Å². The second-order valence-corrected chi connectivity index (χ2v) is 5.92. The van der Waals surface area contributed by atoms with Gasteiger partial charge in [0.15, 0.2) is 0 Å². The smallest absolute Gasteiger partial charge is 0 e. The van der Waals surface area contributed by atoms with Crippen molar-refractivity contribution in [3.63, 3.8) is 0 Å². The summed E-state index contributed by atoms with van der Waals surface area (Å²) in [6, 6.07) is 0. The Hall–Kier alpha value is 0.943. The fourth-order valence-electron chi connectivity index (χ4n) is 1.78. The first-order valence-corrected chi connectivity index (χ1v) is 5.03. The molecule has 0 unspecified atom stereocenters. The summed E-state index contributed by atoms with van der Waals surface area (Å²) < 4.78 is 0. The Morgan fingerprint density at radius 1 is 0.938 bits per heavy atom. The molecule has 0 fully saturated rings. The number of halogens is 2. The second-order valence-electron chi connectivity index (χ2n) is 5.92. The van der Waals surface area contributed by atoms with E-state index in [0.717, 1.165) is 6.42 Å². The van der Waals surface area contributed by atoms with Crippen LogP contribution in [0.25, 0.3) is 0 Å². The van der Waals surface area contributed by atoms with E-state index in [4.69, 9.17) is 0 Å². The summed E-state index contributed by atoms with van der Waals surface area (Å²) in [7, 11) is 0. The number of hydrogen-bond acceptors (Lipinski definition) is 0. The Bertz CT molecular complexity index is 265. The molecule has 0 radical (unpaired) electrons. The molecule has 0 aliphatic heterocycles. The maximum Gasteiger partial charge on any atom is 0 e. The van der Waals surface area contributed by atoms with Crippen molar-refractivity contribution in [2.75, 3.05) is 0 Å². The molecule has 3 heteroatoms. The monoisotopic (exact) mass is 339 g/mol. The summed E-state index contributed by atoms with van der Waals surface area (Å²) in [6.07, 6.45) is 6.54. The average Bonchev–Trinajstić information content (AvgIpc) is 2.27. The minimum Gasteiger partial charge on any atom is -0.272 e. The molecular formula is C13H23Cl2Zr-. The topological polar surface area (TPSA) is 0 Å². The van der Waals surface area contributed by atoms with Crippen molar-refractivity contribution >= 4 is 24.8 Å². The molecule has 0 bridgehead atoms. The molecule has 0 nitrogen and oxygen atoms in total. The Morgan fingerprint density at radius 2 is 1.38 bits per heavy atom. The summed E-state index contributed by atoms with van der Waals surface area (Å²) in [5.41, 5.74) is 3.61. The van der Waals surface area contributed by atoms with Crippen molar-refractivity contribution in [3.8, 4) is 0 Å². The number of hydrogen-bond donors (Lipinski definition) is 0. The molecule has 0 atom stereocenters. The molecule has 0 amide bonds. The second kappa shape index (κ2) is 7.39. The molecule has 0 N–H and O–H groups in total. The molecule has 1 aliphatic carbocycles. The van der Waals surface area contributed by atoms with Gasteiger partial charge in [-0.1, -0.05) is 47.0 Å². The predicted octanol–water partition coefficient (Wildman–Crippen LogP) is 4.98. The van der Waals surface area contributed by atoms with Crippen LogP contribution < -0.4 is 0 Å².